The Bertz CT molecular complexity index is 718. The Morgan fingerprint density at radius 2 is 2.21 bits per heavy atom. The molecule has 126 valence electrons. The van der Waals surface area contributed by atoms with Gasteiger partial charge in [0.2, 0.25) is 11.8 Å². The zero-order valence-electron chi connectivity index (χ0n) is 13.4. The van der Waals surface area contributed by atoms with Crippen LogP contribution in [0.4, 0.5) is 0 Å². The molecule has 2 amide bonds. The molecule has 0 bridgehead atoms. The standard InChI is InChI=1S/C17H19N3O2S2/c1-12-10-23-17(18-12)24-11-15(21)19-14-7-16(22)20(9-14)8-13-5-3-2-4-6-13/h2-6,10,14H,7-9,11H2,1H3,(H,19,21)/t14-/m0/s1. The van der Waals surface area contributed by atoms with E-state index in [1.165, 1.54) is 11.8 Å². The van der Waals surface area contributed by atoms with E-state index >= 15 is 0 Å². The Kier molecular flexibility index (Phi) is 5.52. The summed E-state index contributed by atoms with van der Waals surface area (Å²) in [5.74, 6) is 0.371. The Balaban J connectivity index is 1.46. The summed E-state index contributed by atoms with van der Waals surface area (Å²) in [7, 11) is 0. The highest BCUT2D eigenvalue weighted by atomic mass is 32.2. The lowest BCUT2D eigenvalue weighted by Crippen LogP contribution is -2.38. The van der Waals surface area contributed by atoms with E-state index in [2.05, 4.69) is 10.3 Å². The van der Waals surface area contributed by atoms with Gasteiger partial charge in [-0.25, -0.2) is 4.98 Å². The number of amides is 2. The fraction of sp³-hybridized carbons (Fsp3) is 0.353. The lowest BCUT2D eigenvalue weighted by atomic mass is 10.2. The van der Waals surface area contributed by atoms with Crippen molar-refractivity contribution in [2.45, 2.75) is 30.3 Å². The zero-order valence-corrected chi connectivity index (χ0v) is 15.0. The molecular formula is C17H19N3O2S2. The van der Waals surface area contributed by atoms with Gasteiger partial charge in [0.05, 0.1) is 11.8 Å². The number of nitrogens with one attached hydrogen (secondary N) is 1. The fourth-order valence-corrected chi connectivity index (χ4v) is 4.28. The molecule has 5 nitrogen and oxygen atoms in total. The highest BCUT2D eigenvalue weighted by Crippen LogP contribution is 2.22. The van der Waals surface area contributed by atoms with E-state index in [1.807, 2.05) is 42.6 Å². The van der Waals surface area contributed by atoms with Gasteiger partial charge in [0.25, 0.3) is 0 Å². The summed E-state index contributed by atoms with van der Waals surface area (Å²) in [6.45, 7) is 3.10. The first kappa shape index (κ1) is 17.0. The van der Waals surface area contributed by atoms with Gasteiger partial charge in [-0.1, -0.05) is 42.1 Å². The van der Waals surface area contributed by atoms with Gasteiger partial charge in [-0.2, -0.15) is 0 Å². The number of thiazole rings is 1. The highest BCUT2D eigenvalue weighted by molar-refractivity contribution is 8.01. The lowest BCUT2D eigenvalue weighted by Gasteiger charge is -2.17. The molecule has 0 radical (unpaired) electrons. The average molecular weight is 361 g/mol. The predicted molar refractivity (Wildman–Crippen MR) is 96.0 cm³/mol. The summed E-state index contributed by atoms with van der Waals surface area (Å²) in [4.78, 5) is 30.3. The minimum absolute atomic E-state index is 0.0489. The van der Waals surface area contributed by atoms with Crippen LogP contribution in [0.2, 0.25) is 0 Å². The van der Waals surface area contributed by atoms with Gasteiger partial charge in [0, 0.05) is 30.6 Å². The normalized spacial score (nSPS) is 17.3. The van der Waals surface area contributed by atoms with E-state index in [4.69, 9.17) is 0 Å². The van der Waals surface area contributed by atoms with Crippen molar-refractivity contribution in [2.75, 3.05) is 12.3 Å². The zero-order chi connectivity index (χ0) is 16.9. The van der Waals surface area contributed by atoms with Crippen molar-refractivity contribution in [1.29, 1.82) is 0 Å². The Labute approximate surface area is 149 Å². The minimum Gasteiger partial charge on any atom is -0.350 e. The van der Waals surface area contributed by atoms with E-state index in [0.29, 0.717) is 25.3 Å². The van der Waals surface area contributed by atoms with Crippen molar-refractivity contribution < 1.29 is 9.59 Å². The molecule has 1 N–H and O–H groups in total. The number of hydrogen-bond donors (Lipinski definition) is 1. The number of rotatable bonds is 6. The van der Waals surface area contributed by atoms with E-state index in [-0.39, 0.29) is 17.9 Å². The molecule has 1 fully saturated rings. The van der Waals surface area contributed by atoms with Crippen LogP contribution in [-0.2, 0) is 16.1 Å². The minimum atomic E-state index is -0.104. The molecule has 0 spiro atoms. The first-order valence-corrected chi connectivity index (χ1v) is 9.62. The van der Waals surface area contributed by atoms with Crippen LogP contribution in [0.15, 0.2) is 40.1 Å². The first-order valence-electron chi connectivity index (χ1n) is 7.76. The monoisotopic (exact) mass is 361 g/mol. The summed E-state index contributed by atoms with van der Waals surface area (Å²) in [6.07, 6.45) is 0.375. The summed E-state index contributed by atoms with van der Waals surface area (Å²) in [5, 5.41) is 4.93. The molecule has 2 heterocycles. The maximum Gasteiger partial charge on any atom is 0.230 e. The van der Waals surface area contributed by atoms with Gasteiger partial charge in [-0.3, -0.25) is 9.59 Å². The molecule has 3 rings (SSSR count). The van der Waals surface area contributed by atoms with Crippen LogP contribution >= 0.6 is 23.1 Å². The number of carbonyl (C=O) groups excluding carboxylic acids is 2. The lowest BCUT2D eigenvalue weighted by molar-refractivity contribution is -0.128. The van der Waals surface area contributed by atoms with Crippen molar-refractivity contribution in [3.63, 3.8) is 0 Å². The molecule has 1 saturated heterocycles. The highest BCUT2D eigenvalue weighted by Gasteiger charge is 2.30. The smallest absolute Gasteiger partial charge is 0.230 e. The number of hydrogen-bond acceptors (Lipinski definition) is 5. The third kappa shape index (κ3) is 4.58. The van der Waals surface area contributed by atoms with Crippen LogP contribution in [0.3, 0.4) is 0 Å². The Morgan fingerprint density at radius 3 is 2.92 bits per heavy atom. The van der Waals surface area contributed by atoms with Gasteiger partial charge in [-0.05, 0) is 12.5 Å². The Morgan fingerprint density at radius 1 is 1.42 bits per heavy atom. The molecule has 1 aliphatic heterocycles. The summed E-state index contributed by atoms with van der Waals surface area (Å²) < 4.78 is 0.899. The first-order chi connectivity index (χ1) is 11.6. The van der Waals surface area contributed by atoms with Crippen LogP contribution < -0.4 is 5.32 Å². The van der Waals surface area contributed by atoms with Crippen LogP contribution in [-0.4, -0.2) is 40.0 Å². The number of benzene rings is 1. The molecule has 1 aromatic carbocycles. The SMILES string of the molecule is Cc1csc(SCC(=O)N[C@H]2CC(=O)N(Cc3ccccc3)C2)n1. The van der Waals surface area contributed by atoms with Crippen molar-refractivity contribution in [3.8, 4) is 0 Å². The third-order valence-corrected chi connectivity index (χ3v) is 5.86. The molecule has 1 aliphatic rings. The van der Waals surface area contributed by atoms with Crippen LogP contribution in [0, 0.1) is 6.92 Å². The number of aryl methyl sites for hydroxylation is 1. The predicted octanol–water partition coefficient (Wildman–Crippen LogP) is 2.46. The van der Waals surface area contributed by atoms with Gasteiger partial charge >= 0.3 is 0 Å². The van der Waals surface area contributed by atoms with Crippen molar-refractivity contribution in [3.05, 3.63) is 47.0 Å². The molecule has 1 atom stereocenters. The van der Waals surface area contributed by atoms with Crippen molar-refractivity contribution >= 4 is 34.9 Å². The van der Waals surface area contributed by atoms with E-state index in [1.54, 1.807) is 16.2 Å². The summed E-state index contributed by atoms with van der Waals surface area (Å²) >= 11 is 2.98. The quantitative estimate of drug-likeness (QED) is 0.803. The van der Waals surface area contributed by atoms with Crippen molar-refractivity contribution in [1.82, 2.24) is 15.2 Å². The van der Waals surface area contributed by atoms with Gasteiger partial charge in [0.1, 0.15) is 0 Å². The van der Waals surface area contributed by atoms with Crippen LogP contribution in [0.25, 0.3) is 0 Å². The van der Waals surface area contributed by atoms with Gasteiger partial charge in [-0.15, -0.1) is 11.3 Å². The Hall–Kier alpha value is -1.86. The number of likely N-dealkylation sites (tertiary alicyclic amines) is 1. The number of nitrogens with zero attached hydrogens (tertiary/aromatic N) is 2. The molecule has 0 saturated carbocycles. The maximum absolute atomic E-state index is 12.1. The van der Waals surface area contributed by atoms with E-state index in [9.17, 15) is 9.59 Å². The average Bonchev–Trinajstić information content (AvgIpc) is 3.12. The molecule has 2 aromatic rings. The maximum atomic E-state index is 12.1. The summed E-state index contributed by atoms with van der Waals surface area (Å²) in [6, 6.07) is 9.80. The largest absolute Gasteiger partial charge is 0.350 e. The second-order valence-corrected chi connectivity index (χ2v) is 7.85. The van der Waals surface area contributed by atoms with Gasteiger partial charge < -0.3 is 10.2 Å². The molecule has 7 heteroatoms. The number of aromatic nitrogens is 1. The number of carbonyl (C=O) groups is 2. The molecule has 0 unspecified atom stereocenters. The fourth-order valence-electron chi connectivity index (χ4n) is 2.62. The molecule has 0 aliphatic carbocycles. The van der Waals surface area contributed by atoms with Gasteiger partial charge in [0.15, 0.2) is 4.34 Å². The topological polar surface area (TPSA) is 62.3 Å². The number of thioether (sulfide) groups is 1. The van der Waals surface area contributed by atoms with Crippen LogP contribution in [0.1, 0.15) is 17.7 Å². The summed E-state index contributed by atoms with van der Waals surface area (Å²) in [5.41, 5.74) is 2.08. The second-order valence-electron chi connectivity index (χ2n) is 5.77. The van der Waals surface area contributed by atoms with E-state index < -0.39 is 0 Å². The van der Waals surface area contributed by atoms with Crippen molar-refractivity contribution in [2.24, 2.45) is 0 Å². The molecular weight excluding hydrogens is 342 g/mol. The van der Waals surface area contributed by atoms with E-state index in [0.717, 1.165) is 15.6 Å². The molecule has 1 aromatic heterocycles. The second kappa shape index (κ2) is 7.81. The van der Waals surface area contributed by atoms with Crippen LogP contribution in [0.5, 0.6) is 0 Å². The third-order valence-electron chi connectivity index (χ3n) is 3.72. The molecule has 24 heavy (non-hydrogen) atoms.